The van der Waals surface area contributed by atoms with Crippen molar-refractivity contribution in [3.05, 3.63) is 158 Å². The maximum atomic E-state index is 13.0. The van der Waals surface area contributed by atoms with Crippen molar-refractivity contribution in [2.75, 3.05) is 39.6 Å². The first-order valence-electron chi connectivity index (χ1n) is 44.8. The number of aliphatic hydroxyl groups excluding tert-OH is 2. The van der Waals surface area contributed by atoms with Crippen LogP contribution in [-0.4, -0.2) is 95.9 Å². The highest BCUT2D eigenvalue weighted by molar-refractivity contribution is 7.47. The van der Waals surface area contributed by atoms with Crippen molar-refractivity contribution in [3.8, 4) is 0 Å². The second-order valence-electron chi connectivity index (χ2n) is 29.7. The van der Waals surface area contributed by atoms with Crippen molar-refractivity contribution in [2.24, 2.45) is 0 Å². The van der Waals surface area contributed by atoms with E-state index in [2.05, 4.69) is 179 Å². The van der Waals surface area contributed by atoms with E-state index in [1.54, 1.807) is 0 Å². The van der Waals surface area contributed by atoms with E-state index in [0.29, 0.717) is 19.3 Å². The first-order chi connectivity index (χ1) is 55.2. The van der Waals surface area contributed by atoms with Crippen LogP contribution in [0.4, 0.5) is 0 Å². The number of hydrogen-bond donors (Lipinski definition) is 4. The van der Waals surface area contributed by atoms with Gasteiger partial charge in [0.25, 0.3) is 0 Å². The maximum absolute atomic E-state index is 13.0. The number of carbonyl (C=O) groups is 3. The molecule has 0 radical (unpaired) electrons. The topological polar surface area (TPSA) is 231 Å². The van der Waals surface area contributed by atoms with Crippen LogP contribution < -0.4 is 0 Å². The molecule has 5 atom stereocenters. The first-order valence-corrected chi connectivity index (χ1v) is 47.8. The Balaban J connectivity index is 4.61. The van der Waals surface area contributed by atoms with Gasteiger partial charge in [0.05, 0.1) is 26.4 Å². The molecule has 5 unspecified atom stereocenters. The van der Waals surface area contributed by atoms with Crippen molar-refractivity contribution >= 4 is 33.6 Å². The average Bonchev–Trinajstić information content (AvgIpc) is 0.899. The second-order valence-corrected chi connectivity index (χ2v) is 32.6. The lowest BCUT2D eigenvalue weighted by molar-refractivity contribution is -0.161. The van der Waals surface area contributed by atoms with Crippen LogP contribution in [0.5, 0.6) is 0 Å². The Hall–Kier alpha value is -4.83. The summed E-state index contributed by atoms with van der Waals surface area (Å²) in [6.45, 7) is 2.52. The summed E-state index contributed by atoms with van der Waals surface area (Å²) in [5.74, 6) is -1.60. The van der Waals surface area contributed by atoms with Crippen LogP contribution in [0.1, 0.15) is 367 Å². The van der Waals surface area contributed by atoms with E-state index in [1.807, 2.05) is 0 Å². The molecule has 113 heavy (non-hydrogen) atoms. The monoisotopic (exact) mass is 1620 g/mol. The Morgan fingerprint density at radius 1 is 0.257 bits per heavy atom. The van der Waals surface area contributed by atoms with Gasteiger partial charge in [0.1, 0.15) is 25.4 Å². The van der Waals surface area contributed by atoms with Crippen LogP contribution in [0.25, 0.3) is 0 Å². The standard InChI is InChI=1S/C95H162O16P2/c1-4-7-10-13-16-19-22-25-28-31-34-37-39-41-42-43-44-45-46-48-50-52-54-57-60-63-66-69-72-75-78-81-93(98)105-84-90(96)85-107-112(101,102)108-86-91(97)87-109-113(103,104)110-89-92(111-95(100)83-80-77-74-71-68-65-62-59-56-51-36-33-30-27-24-21-18-15-12-9-6-3)88-106-94(99)82-79-76-73-70-67-64-61-58-55-53-49-47-40-38-35-32-29-26-23-20-17-14-11-8-5-2/h8,11,16-21,25-30,34-38,41-42,47,49,51,59,62,90-92,96-97H,4-7,9-10,12-15,22-24,31-33,39-40,43-46,48,50,52-58,60-61,63-89H2,1-3H3,(H,101,102)(H,103,104)/b11-8-,19-16-,20-17-,21-18-,28-25-,29-26-,30-27-,37-34-,38-35-,42-41-,49-47-,51-36-,62-59-. The molecule has 0 aromatic rings. The van der Waals surface area contributed by atoms with Crippen LogP contribution in [0.15, 0.2) is 158 Å². The van der Waals surface area contributed by atoms with Gasteiger partial charge in [0, 0.05) is 19.3 Å². The largest absolute Gasteiger partial charge is 0.472 e. The second kappa shape index (κ2) is 86.5. The molecule has 0 aromatic carbocycles. The van der Waals surface area contributed by atoms with Gasteiger partial charge < -0.3 is 34.2 Å². The molecule has 0 saturated carbocycles. The molecule has 0 aliphatic rings. The van der Waals surface area contributed by atoms with Crippen LogP contribution in [0, 0.1) is 0 Å². The minimum atomic E-state index is -4.95. The summed E-state index contributed by atoms with van der Waals surface area (Å²) >= 11 is 0. The summed E-state index contributed by atoms with van der Waals surface area (Å²) < 4.78 is 61.4. The number of ether oxygens (including phenoxy) is 3. The van der Waals surface area contributed by atoms with Crippen molar-refractivity contribution in [2.45, 2.75) is 386 Å². The normalized spacial score (nSPS) is 14.6. The minimum absolute atomic E-state index is 0.0779. The third kappa shape index (κ3) is 87.8. The summed E-state index contributed by atoms with van der Waals surface area (Å²) in [5.41, 5.74) is 0. The molecule has 0 fully saturated rings. The number of allylic oxidation sites excluding steroid dienone is 26. The van der Waals surface area contributed by atoms with Crippen LogP contribution in [0.2, 0.25) is 0 Å². The first kappa shape index (κ1) is 108. The molecule has 18 heteroatoms. The minimum Gasteiger partial charge on any atom is -0.463 e. The molecule has 4 N–H and O–H groups in total. The van der Waals surface area contributed by atoms with E-state index in [0.717, 1.165) is 161 Å². The quantitative estimate of drug-likeness (QED) is 0.0146. The van der Waals surface area contributed by atoms with Crippen molar-refractivity contribution < 1.29 is 75.8 Å². The van der Waals surface area contributed by atoms with Gasteiger partial charge in [-0.3, -0.25) is 32.5 Å². The fourth-order valence-electron chi connectivity index (χ4n) is 11.9. The van der Waals surface area contributed by atoms with E-state index >= 15 is 0 Å². The summed E-state index contributed by atoms with van der Waals surface area (Å²) in [6, 6.07) is 0. The molecule has 0 aromatic heterocycles. The number of rotatable bonds is 84. The summed E-state index contributed by atoms with van der Waals surface area (Å²) in [7, 11) is -9.82. The van der Waals surface area contributed by atoms with Crippen LogP contribution >= 0.6 is 15.6 Å². The van der Waals surface area contributed by atoms with Crippen LogP contribution in [0.3, 0.4) is 0 Å². The highest BCUT2D eigenvalue weighted by Crippen LogP contribution is 2.45. The van der Waals surface area contributed by atoms with E-state index < -0.39 is 91.5 Å². The van der Waals surface area contributed by atoms with E-state index in [9.17, 15) is 43.5 Å². The molecule has 0 spiro atoms. The van der Waals surface area contributed by atoms with E-state index in [4.69, 9.17) is 32.3 Å². The third-order valence-corrected chi connectivity index (χ3v) is 20.6. The molecule has 0 saturated heterocycles. The summed E-state index contributed by atoms with van der Waals surface area (Å²) in [5, 5.41) is 20.7. The average molecular weight is 1620 g/mol. The van der Waals surface area contributed by atoms with Crippen molar-refractivity contribution in [3.63, 3.8) is 0 Å². The van der Waals surface area contributed by atoms with Gasteiger partial charge in [-0.05, 0) is 154 Å². The predicted molar refractivity (Wildman–Crippen MR) is 472 cm³/mol. The Kier molecular flexibility index (Phi) is 82.8. The Morgan fingerprint density at radius 3 is 0.743 bits per heavy atom. The highest BCUT2D eigenvalue weighted by atomic mass is 31.2. The zero-order valence-corrected chi connectivity index (χ0v) is 73.0. The van der Waals surface area contributed by atoms with Crippen molar-refractivity contribution in [1.82, 2.24) is 0 Å². The molecule has 648 valence electrons. The number of hydrogen-bond acceptors (Lipinski definition) is 14. The predicted octanol–water partition coefficient (Wildman–Crippen LogP) is 27.3. The zero-order valence-electron chi connectivity index (χ0n) is 71.3. The summed E-state index contributed by atoms with van der Waals surface area (Å²) in [6.07, 6.45) is 110. The number of phosphoric acid groups is 2. The van der Waals surface area contributed by atoms with Crippen molar-refractivity contribution in [1.29, 1.82) is 0 Å². The molecule has 0 rings (SSSR count). The molecule has 0 heterocycles. The molecule has 0 bridgehead atoms. The van der Waals surface area contributed by atoms with Gasteiger partial charge >= 0.3 is 33.6 Å². The van der Waals surface area contributed by atoms with Gasteiger partial charge in [-0.2, -0.15) is 0 Å². The Labute approximate surface area is 689 Å². The molecule has 0 aliphatic carbocycles. The molecular weight excluding hydrogens is 1460 g/mol. The maximum Gasteiger partial charge on any atom is 0.472 e. The third-order valence-electron chi connectivity index (χ3n) is 18.7. The molecule has 16 nitrogen and oxygen atoms in total. The Bertz CT molecular complexity index is 2680. The van der Waals surface area contributed by atoms with E-state index in [1.165, 1.54) is 148 Å². The number of unbranched alkanes of at least 4 members (excludes halogenated alkanes) is 35. The number of phosphoric ester groups is 2. The van der Waals surface area contributed by atoms with Crippen LogP contribution in [-0.2, 0) is 55.8 Å². The zero-order chi connectivity index (χ0) is 82.2. The molecule has 0 aliphatic heterocycles. The smallest absolute Gasteiger partial charge is 0.463 e. The fraction of sp³-hybridized carbons (Fsp3) is 0.695. The fourth-order valence-corrected chi connectivity index (χ4v) is 13.5. The lowest BCUT2D eigenvalue weighted by Crippen LogP contribution is -2.30. The van der Waals surface area contributed by atoms with Gasteiger partial charge in [0.2, 0.25) is 0 Å². The Morgan fingerprint density at radius 2 is 0.469 bits per heavy atom. The molecular formula is C95H162O16P2. The van der Waals surface area contributed by atoms with Gasteiger partial charge in [-0.1, -0.05) is 352 Å². The van der Waals surface area contributed by atoms with Gasteiger partial charge in [-0.25, -0.2) is 9.13 Å². The molecule has 0 amide bonds. The van der Waals surface area contributed by atoms with Gasteiger partial charge in [0.15, 0.2) is 6.10 Å². The van der Waals surface area contributed by atoms with E-state index in [-0.39, 0.29) is 19.3 Å². The highest BCUT2D eigenvalue weighted by Gasteiger charge is 2.29. The number of esters is 3. The lowest BCUT2D eigenvalue weighted by Gasteiger charge is -2.21. The summed E-state index contributed by atoms with van der Waals surface area (Å²) in [4.78, 5) is 58.9. The number of carbonyl (C=O) groups excluding carboxylic acids is 3. The SMILES string of the molecule is CC/C=C\C/C=C\C/C=C\C/C=C\C/C=C\CCCCCCCCCCCC(=O)OCC(COP(=O)(O)OCC(O)COP(=O)(O)OCC(O)COC(=O)CCCCCCCCCCCCCCCCC/C=C\C/C=C\C/C=C\C/C=C\CCCCC)OC(=O)CCCCCCC/C=C\C/C=C\C/C=C\C/C=C\CCCCC. The van der Waals surface area contributed by atoms with Gasteiger partial charge in [-0.15, -0.1) is 0 Å². The lowest BCUT2D eigenvalue weighted by atomic mass is 10.0. The number of aliphatic hydroxyl groups is 2.